The lowest BCUT2D eigenvalue weighted by molar-refractivity contribution is -0.134. The second-order valence-electron chi connectivity index (χ2n) is 27.5. The summed E-state index contributed by atoms with van der Waals surface area (Å²) < 4.78 is 15.0. The zero-order valence-electron chi connectivity index (χ0n) is 59.2. The molecule has 26 nitrogen and oxygen atoms in total. The highest BCUT2D eigenvalue weighted by molar-refractivity contribution is 6.40. The Kier molecular flexibility index (Phi) is 23.7. The second-order valence-corrected chi connectivity index (χ2v) is 29.0. The Morgan fingerprint density at radius 3 is 1.33 bits per heavy atom. The van der Waals surface area contributed by atoms with Crippen LogP contribution in [0, 0.1) is 0 Å². The second kappa shape index (κ2) is 33.4. The number of nitrogens with zero attached hydrogens (tertiary/aromatic N) is 10. The molecule has 4 aromatic heterocycles. The van der Waals surface area contributed by atoms with Gasteiger partial charge in [0.05, 0.1) is 107 Å². The van der Waals surface area contributed by atoms with E-state index in [0.29, 0.717) is 205 Å². The van der Waals surface area contributed by atoms with Crippen LogP contribution in [-0.2, 0) is 72.3 Å². The molecule has 10 heterocycles. The first-order chi connectivity index (χ1) is 51.2. The largest absolute Gasteiger partial charge is 0.496 e. The number of fused-ring (bicyclic) bond motifs is 2. The Bertz CT molecular complexity index is 4400. The number of aliphatic hydroxyl groups is 2. The minimum Gasteiger partial charge on any atom is -0.496 e. The predicted octanol–water partition coefficient (Wildman–Crippen LogP) is 8.07. The van der Waals surface area contributed by atoms with E-state index in [0.717, 1.165) is 46.5 Å². The van der Waals surface area contributed by atoms with Crippen molar-refractivity contribution >= 4 is 93.2 Å². The normalized spacial score (nSPS) is 18.6. The van der Waals surface area contributed by atoms with Gasteiger partial charge in [0.2, 0.25) is 23.6 Å². The number of anilines is 2. The van der Waals surface area contributed by atoms with E-state index >= 15 is 0 Å². The number of carbonyl (C=O) groups is 6. The fraction of sp³-hybridized carbons (Fsp3) is 0.395. The van der Waals surface area contributed by atoms with Gasteiger partial charge in [0.15, 0.2) is 11.6 Å². The molecule has 14 rings (SSSR count). The van der Waals surface area contributed by atoms with Gasteiger partial charge in [0.1, 0.15) is 11.5 Å². The number of halogens is 4. The molecule has 4 atom stereocenters. The molecule has 556 valence electrons. The molecule has 0 aliphatic carbocycles. The van der Waals surface area contributed by atoms with Gasteiger partial charge < -0.3 is 70.5 Å². The van der Waals surface area contributed by atoms with Crippen molar-refractivity contribution in [2.45, 2.75) is 102 Å². The van der Waals surface area contributed by atoms with Crippen LogP contribution in [0.1, 0.15) is 93.7 Å². The molecule has 8 N–H and O–H groups in total. The summed E-state index contributed by atoms with van der Waals surface area (Å²) in [6.45, 7) is 7.08. The van der Waals surface area contributed by atoms with E-state index in [1.165, 1.54) is 0 Å². The summed E-state index contributed by atoms with van der Waals surface area (Å²) in [5.74, 6) is 1.08. The van der Waals surface area contributed by atoms with E-state index in [1.54, 1.807) is 96.0 Å². The van der Waals surface area contributed by atoms with Crippen molar-refractivity contribution in [2.24, 2.45) is 14.1 Å². The molecule has 4 unspecified atom stereocenters. The maximum absolute atomic E-state index is 13.6. The van der Waals surface area contributed by atoms with Gasteiger partial charge in [-0.05, 0) is 62.1 Å². The van der Waals surface area contributed by atoms with E-state index < -0.39 is 11.8 Å². The SMILES string of the molecule is COc1cc(-c2nccc(-c3cccc(NC(=O)c4nc5c(n4C)CCN(C(=O)CN4CCC(O)C4)C5)c3Cl)c2Cl)ccc1CNCC1CCC(=O)N1.COc1cc(-c2nccc(-c3cccc(NC(=O)c4nc5c(n4C)CCN(C(=O)CN4CCC(O)C4)C5)c3Cl)c2Cl)ccc1CNCC1CCC(=O)N1. The van der Waals surface area contributed by atoms with Crippen molar-refractivity contribution < 1.29 is 48.5 Å². The van der Waals surface area contributed by atoms with Crippen LogP contribution >= 0.6 is 46.4 Å². The topological polar surface area (TPSA) is 308 Å². The van der Waals surface area contributed by atoms with Crippen LogP contribution in [-0.4, -0.2) is 198 Å². The number of amides is 6. The number of β-amino-alcohol motifs (C(OH)–C–C–N with tert-alkyl or cyclic N) is 2. The number of aromatic nitrogens is 6. The number of hydrogen-bond acceptors (Lipinski definition) is 18. The first-order valence-corrected chi connectivity index (χ1v) is 37.0. The van der Waals surface area contributed by atoms with Gasteiger partial charge in [-0.2, -0.15) is 0 Å². The lowest BCUT2D eigenvalue weighted by Crippen LogP contribution is -2.42. The summed E-state index contributed by atoms with van der Waals surface area (Å²) >= 11 is 28.0. The molecular formula is C76H84Cl4N16O10. The van der Waals surface area contributed by atoms with Crippen molar-refractivity contribution in [3.05, 3.63) is 163 Å². The zero-order chi connectivity index (χ0) is 74.4. The Labute approximate surface area is 633 Å². The molecule has 4 aromatic carbocycles. The molecule has 30 heteroatoms. The first kappa shape index (κ1) is 75.2. The van der Waals surface area contributed by atoms with Gasteiger partial charge in [0.25, 0.3) is 11.8 Å². The third kappa shape index (κ3) is 16.9. The van der Waals surface area contributed by atoms with Crippen molar-refractivity contribution in [1.82, 2.24) is 69.9 Å². The van der Waals surface area contributed by atoms with Crippen LogP contribution in [0.4, 0.5) is 11.4 Å². The van der Waals surface area contributed by atoms with Crippen molar-refractivity contribution in [2.75, 3.05) is 90.3 Å². The summed E-state index contributed by atoms with van der Waals surface area (Å²) in [5.41, 5.74) is 11.0. The fourth-order valence-electron chi connectivity index (χ4n) is 14.6. The zero-order valence-corrected chi connectivity index (χ0v) is 62.3. The number of carbonyl (C=O) groups excluding carboxylic acids is 6. The summed E-state index contributed by atoms with van der Waals surface area (Å²) in [5, 5.41) is 39.6. The highest BCUT2D eigenvalue weighted by Crippen LogP contribution is 2.44. The van der Waals surface area contributed by atoms with Crippen molar-refractivity contribution in [1.29, 1.82) is 0 Å². The molecule has 6 aliphatic heterocycles. The van der Waals surface area contributed by atoms with Crippen LogP contribution in [0.5, 0.6) is 11.5 Å². The number of nitrogens with one attached hydrogen (secondary N) is 6. The van der Waals surface area contributed by atoms with Crippen LogP contribution in [0.2, 0.25) is 20.1 Å². The number of ether oxygens (including phenoxy) is 2. The Morgan fingerprint density at radius 2 is 0.953 bits per heavy atom. The van der Waals surface area contributed by atoms with Crippen molar-refractivity contribution in [3.8, 4) is 56.3 Å². The van der Waals surface area contributed by atoms with Gasteiger partial charge >= 0.3 is 0 Å². The molecule has 4 fully saturated rings. The van der Waals surface area contributed by atoms with Crippen LogP contribution in [0.25, 0.3) is 44.8 Å². The lowest BCUT2D eigenvalue weighted by atomic mass is 10.0. The Balaban J connectivity index is 0.000000188. The van der Waals surface area contributed by atoms with E-state index in [4.69, 9.17) is 55.9 Å². The number of benzene rings is 4. The minimum atomic E-state index is -0.430. The first-order valence-electron chi connectivity index (χ1n) is 35.5. The molecular weight excluding hydrogens is 1440 g/mol. The van der Waals surface area contributed by atoms with Gasteiger partial charge in [-0.1, -0.05) is 94.9 Å². The number of imidazole rings is 2. The minimum absolute atomic E-state index is 0.0143. The number of pyridine rings is 2. The number of rotatable bonds is 22. The van der Waals surface area contributed by atoms with E-state index in [-0.39, 0.29) is 72.7 Å². The third-order valence-corrected chi connectivity index (χ3v) is 22.0. The van der Waals surface area contributed by atoms with E-state index in [9.17, 15) is 39.0 Å². The number of hydrogen-bond donors (Lipinski definition) is 8. The number of likely N-dealkylation sites (tertiary alicyclic amines) is 2. The molecule has 0 saturated carbocycles. The van der Waals surface area contributed by atoms with Crippen molar-refractivity contribution in [3.63, 3.8) is 0 Å². The van der Waals surface area contributed by atoms with Gasteiger partial charge in [-0.15, -0.1) is 0 Å². The van der Waals surface area contributed by atoms with Crippen LogP contribution < -0.4 is 41.4 Å². The smallest absolute Gasteiger partial charge is 0.291 e. The number of methoxy groups -OCH3 is 2. The van der Waals surface area contributed by atoms with Crippen LogP contribution in [0.15, 0.2) is 97.3 Å². The average molecular weight is 1520 g/mol. The van der Waals surface area contributed by atoms with Gasteiger partial charge in [-0.25, -0.2) is 9.97 Å². The summed E-state index contributed by atoms with van der Waals surface area (Å²) in [6, 6.07) is 26.1. The highest BCUT2D eigenvalue weighted by atomic mass is 35.5. The van der Waals surface area contributed by atoms with E-state index in [2.05, 4.69) is 51.8 Å². The van der Waals surface area contributed by atoms with Crippen LogP contribution in [0.3, 0.4) is 0 Å². The van der Waals surface area contributed by atoms with Gasteiger partial charge in [-0.3, -0.25) is 48.5 Å². The molecule has 6 amide bonds. The number of aliphatic hydroxyl groups excluding tert-OH is 2. The maximum Gasteiger partial charge on any atom is 0.291 e. The molecule has 106 heavy (non-hydrogen) atoms. The predicted molar refractivity (Wildman–Crippen MR) is 404 cm³/mol. The maximum atomic E-state index is 13.6. The quantitative estimate of drug-likeness (QED) is 0.0318. The Hall–Kier alpha value is -9.06. The lowest BCUT2D eigenvalue weighted by Gasteiger charge is -2.28. The fourth-order valence-corrected chi connectivity index (χ4v) is 15.8. The standard InChI is InChI=1S/2C38H42Cl2N8O5/c2*1-46-30-12-15-48(33(51)21-47-14-11-25(49)19-47)20-29(30)44-37(46)38(52)45-28-5-3-4-26(34(28)39)27-10-13-42-36(35(27)40)22-6-7-23(31(16-22)53-2)17-41-18-24-8-9-32(50)43-24/h2*3-7,10,13,16,24-25,41,49H,8-9,11-12,14-15,17-21H2,1-2H3,(H,43,50)(H,45,52). The molecule has 0 bridgehead atoms. The molecule has 8 aromatic rings. The van der Waals surface area contributed by atoms with Gasteiger partial charge in [0, 0.05) is 186 Å². The molecule has 4 saturated heterocycles. The summed E-state index contributed by atoms with van der Waals surface area (Å²) in [4.78, 5) is 102. The third-order valence-electron chi connectivity index (χ3n) is 20.4. The monoisotopic (exact) mass is 1520 g/mol. The Morgan fingerprint density at radius 1 is 0.538 bits per heavy atom. The average Bonchev–Trinajstić information content (AvgIpc) is 1.52. The van der Waals surface area contributed by atoms with E-state index in [1.807, 2.05) is 58.3 Å². The molecule has 0 spiro atoms. The summed E-state index contributed by atoms with van der Waals surface area (Å²) in [7, 11) is 6.83. The molecule has 6 aliphatic rings. The highest BCUT2D eigenvalue weighted by Gasteiger charge is 2.34. The summed E-state index contributed by atoms with van der Waals surface area (Å²) in [6.07, 6.45) is 7.83. The molecule has 0 radical (unpaired) electrons.